The molecule has 0 amide bonds. The zero-order valence-electron chi connectivity index (χ0n) is 4.80. The van der Waals surface area contributed by atoms with Gasteiger partial charge in [-0.2, -0.15) is 13.2 Å². The fraction of sp³-hybridized carbons (Fsp3) is 0.600. The molecule has 0 fully saturated rings. The van der Waals surface area contributed by atoms with Crippen molar-refractivity contribution in [2.45, 2.75) is 19.5 Å². The van der Waals surface area contributed by atoms with Crippen LogP contribution in [0.3, 0.4) is 0 Å². The van der Waals surface area contributed by atoms with Gasteiger partial charge >= 0.3 is 6.18 Å². The fourth-order valence-corrected chi connectivity index (χ4v) is 0.617. The predicted molar refractivity (Wildman–Crippen MR) is 30.3 cm³/mol. The van der Waals surface area contributed by atoms with E-state index in [-0.39, 0.29) is 6.42 Å². The highest BCUT2D eigenvalue weighted by atomic mass is 35.5. The van der Waals surface area contributed by atoms with Crippen LogP contribution in [0.25, 0.3) is 0 Å². The summed E-state index contributed by atoms with van der Waals surface area (Å²) >= 11 is 4.87. The average Bonchev–Trinajstić information content (AvgIpc) is 1.65. The first-order valence-electron chi connectivity index (χ1n) is 2.38. The van der Waals surface area contributed by atoms with Gasteiger partial charge < -0.3 is 0 Å². The number of allylic oxidation sites excluding steroid dienone is 1. The van der Waals surface area contributed by atoms with Gasteiger partial charge in [0.25, 0.3) is 0 Å². The minimum atomic E-state index is -4.25. The Morgan fingerprint density at radius 2 is 2.00 bits per heavy atom. The fourth-order valence-electron chi connectivity index (χ4n) is 0.339. The summed E-state index contributed by atoms with van der Waals surface area (Å²) in [5.74, 6) is 0. The summed E-state index contributed by atoms with van der Waals surface area (Å²) in [6, 6.07) is 0. The molecule has 0 N–H and O–H groups in total. The van der Waals surface area contributed by atoms with Crippen molar-refractivity contribution in [2.24, 2.45) is 0 Å². The molecule has 4 heteroatoms. The van der Waals surface area contributed by atoms with Gasteiger partial charge in [-0.1, -0.05) is 18.5 Å². The van der Waals surface area contributed by atoms with E-state index in [1.807, 2.05) is 0 Å². The molecule has 0 aromatic rings. The second-order valence-electron chi connectivity index (χ2n) is 1.49. The molecular formula is C5H6ClF3. The van der Waals surface area contributed by atoms with Crippen LogP contribution < -0.4 is 0 Å². The highest BCUT2D eigenvalue weighted by molar-refractivity contribution is 6.25. The van der Waals surface area contributed by atoms with Crippen LogP contribution >= 0.6 is 11.6 Å². The molecule has 54 valence electrons. The summed E-state index contributed by atoms with van der Waals surface area (Å²) < 4.78 is 34.7. The normalized spacial score (nSPS) is 14.1. The Hall–Kier alpha value is -0.180. The van der Waals surface area contributed by atoms with Crippen molar-refractivity contribution in [1.82, 2.24) is 0 Å². The van der Waals surface area contributed by atoms with Gasteiger partial charge in [0.15, 0.2) is 0 Å². The van der Waals surface area contributed by atoms with E-state index in [1.165, 1.54) is 6.92 Å². The van der Waals surface area contributed by atoms with Crippen LogP contribution in [0.1, 0.15) is 13.3 Å². The average molecular weight is 159 g/mol. The van der Waals surface area contributed by atoms with E-state index in [4.69, 9.17) is 11.6 Å². The maximum Gasteiger partial charge on any atom is 0.413 e. The molecule has 0 spiro atoms. The molecule has 0 unspecified atom stereocenters. The summed E-state index contributed by atoms with van der Waals surface area (Å²) in [5.41, 5.74) is -0.121. The van der Waals surface area contributed by atoms with Crippen molar-refractivity contribution >= 4 is 11.6 Å². The number of alkyl halides is 3. The van der Waals surface area contributed by atoms with Crippen molar-refractivity contribution in [2.75, 3.05) is 0 Å². The zero-order chi connectivity index (χ0) is 7.49. The lowest BCUT2D eigenvalue weighted by atomic mass is 10.2. The third-order valence-electron chi connectivity index (χ3n) is 0.877. The molecule has 0 atom stereocenters. The molecule has 0 bridgehead atoms. The molecule has 0 aliphatic heterocycles. The lowest BCUT2D eigenvalue weighted by molar-refractivity contribution is -0.0933. The monoisotopic (exact) mass is 158 g/mol. The molecule has 0 saturated heterocycles. The number of hydrogen-bond acceptors (Lipinski definition) is 0. The van der Waals surface area contributed by atoms with Gasteiger partial charge in [0.2, 0.25) is 0 Å². The van der Waals surface area contributed by atoms with Crippen molar-refractivity contribution in [3.05, 3.63) is 11.1 Å². The smallest absolute Gasteiger partial charge is 0.166 e. The van der Waals surface area contributed by atoms with Gasteiger partial charge in [-0.15, -0.1) is 0 Å². The SMILES string of the molecule is CCC(=CCl)C(F)(F)F. The summed E-state index contributed by atoms with van der Waals surface area (Å²) in [6.45, 7) is 1.40. The van der Waals surface area contributed by atoms with Crippen molar-refractivity contribution in [3.8, 4) is 0 Å². The molecule has 0 heterocycles. The highest BCUT2D eigenvalue weighted by Crippen LogP contribution is 2.27. The Morgan fingerprint density at radius 3 is 2.00 bits per heavy atom. The molecule has 0 aliphatic carbocycles. The van der Waals surface area contributed by atoms with Gasteiger partial charge in [0.1, 0.15) is 0 Å². The first kappa shape index (κ1) is 8.82. The van der Waals surface area contributed by atoms with E-state index in [2.05, 4.69) is 0 Å². The van der Waals surface area contributed by atoms with Crippen LogP contribution in [0.2, 0.25) is 0 Å². The topological polar surface area (TPSA) is 0 Å². The van der Waals surface area contributed by atoms with E-state index in [0.29, 0.717) is 5.54 Å². The standard InChI is InChI=1S/C5H6ClF3/c1-2-4(3-6)5(7,8)9/h3H,2H2,1H3. The van der Waals surface area contributed by atoms with Crippen LogP contribution in [0, 0.1) is 0 Å². The second kappa shape index (κ2) is 3.11. The van der Waals surface area contributed by atoms with Crippen LogP contribution in [-0.2, 0) is 0 Å². The molecule has 0 radical (unpaired) electrons. The third kappa shape index (κ3) is 2.75. The van der Waals surface area contributed by atoms with Crippen LogP contribution in [-0.4, -0.2) is 6.18 Å². The highest BCUT2D eigenvalue weighted by Gasteiger charge is 2.31. The molecule has 0 saturated carbocycles. The van der Waals surface area contributed by atoms with Crippen LogP contribution in [0.5, 0.6) is 0 Å². The number of rotatable bonds is 1. The molecular weight excluding hydrogens is 153 g/mol. The molecule has 0 nitrogen and oxygen atoms in total. The van der Waals surface area contributed by atoms with Gasteiger partial charge in [-0.05, 0) is 6.42 Å². The summed E-state index contributed by atoms with van der Waals surface area (Å²) in [5, 5.41) is 0. The minimum absolute atomic E-state index is 0.0764. The zero-order valence-corrected chi connectivity index (χ0v) is 5.55. The van der Waals surface area contributed by atoms with E-state index in [9.17, 15) is 13.2 Å². The number of hydrogen-bond donors (Lipinski definition) is 0. The van der Waals surface area contributed by atoms with Crippen molar-refractivity contribution < 1.29 is 13.2 Å². The molecule has 0 aromatic carbocycles. The van der Waals surface area contributed by atoms with Crippen molar-refractivity contribution in [3.63, 3.8) is 0 Å². The Morgan fingerprint density at radius 1 is 1.56 bits per heavy atom. The quantitative estimate of drug-likeness (QED) is 0.550. The summed E-state index contributed by atoms with van der Waals surface area (Å²) in [4.78, 5) is 0. The van der Waals surface area contributed by atoms with Gasteiger partial charge in [0, 0.05) is 11.1 Å². The van der Waals surface area contributed by atoms with Gasteiger partial charge in [0.05, 0.1) is 0 Å². The largest absolute Gasteiger partial charge is 0.413 e. The first-order chi connectivity index (χ1) is 4.02. The Bertz CT molecular complexity index is 114. The molecule has 0 rings (SSSR count). The Kier molecular flexibility index (Phi) is 3.04. The molecule has 9 heavy (non-hydrogen) atoms. The summed E-state index contributed by atoms with van der Waals surface area (Å²) in [7, 11) is 0. The lowest BCUT2D eigenvalue weighted by Crippen LogP contribution is -2.10. The van der Waals surface area contributed by atoms with Gasteiger partial charge in [-0.25, -0.2) is 0 Å². The molecule has 0 aliphatic rings. The Labute approximate surface area is 56.3 Å². The third-order valence-corrected chi connectivity index (χ3v) is 1.14. The van der Waals surface area contributed by atoms with E-state index >= 15 is 0 Å². The number of halogens is 4. The Balaban J connectivity index is 4.14. The van der Waals surface area contributed by atoms with Crippen molar-refractivity contribution in [1.29, 1.82) is 0 Å². The van der Waals surface area contributed by atoms with E-state index in [1.54, 1.807) is 0 Å². The lowest BCUT2D eigenvalue weighted by Gasteiger charge is -2.06. The van der Waals surface area contributed by atoms with E-state index < -0.39 is 11.7 Å². The van der Waals surface area contributed by atoms with Crippen LogP contribution in [0.15, 0.2) is 11.1 Å². The van der Waals surface area contributed by atoms with Gasteiger partial charge in [-0.3, -0.25) is 0 Å². The minimum Gasteiger partial charge on any atom is -0.166 e. The second-order valence-corrected chi connectivity index (χ2v) is 1.70. The summed E-state index contributed by atoms with van der Waals surface area (Å²) in [6.07, 6.45) is -4.33. The maximum atomic E-state index is 11.6. The van der Waals surface area contributed by atoms with Crippen LogP contribution in [0.4, 0.5) is 13.2 Å². The van der Waals surface area contributed by atoms with E-state index in [0.717, 1.165) is 0 Å². The molecule has 0 aromatic heterocycles. The predicted octanol–water partition coefficient (Wildman–Crippen LogP) is 3.08. The maximum absolute atomic E-state index is 11.6. The first-order valence-corrected chi connectivity index (χ1v) is 2.82.